The van der Waals surface area contributed by atoms with E-state index in [-0.39, 0.29) is 24.2 Å². The molecule has 2 aliphatic rings. The molecule has 124 valence electrons. The van der Waals surface area contributed by atoms with E-state index in [1.165, 1.54) is 0 Å². The fraction of sp³-hybridized carbons (Fsp3) is 0.611. The van der Waals surface area contributed by atoms with E-state index in [1.807, 2.05) is 17.0 Å². The minimum atomic E-state index is -0.355. The Morgan fingerprint density at radius 2 is 1.74 bits per heavy atom. The minimum absolute atomic E-state index is 0.221. The first-order chi connectivity index (χ1) is 10.7. The molecule has 23 heavy (non-hydrogen) atoms. The predicted octanol–water partition coefficient (Wildman–Crippen LogP) is 2.81. The second-order valence-electron chi connectivity index (χ2n) is 7.63. The van der Waals surface area contributed by atoms with Gasteiger partial charge in [0.1, 0.15) is 0 Å². The van der Waals surface area contributed by atoms with Crippen molar-refractivity contribution in [3.63, 3.8) is 0 Å². The summed E-state index contributed by atoms with van der Waals surface area (Å²) in [6, 6.07) is 6.12. The van der Waals surface area contributed by atoms with Crippen molar-refractivity contribution in [3.8, 4) is 0 Å². The van der Waals surface area contributed by atoms with E-state index in [0.717, 1.165) is 36.1 Å². The van der Waals surface area contributed by atoms with Crippen LogP contribution in [0.2, 0.25) is 0 Å². The highest BCUT2D eigenvalue weighted by molar-refractivity contribution is 6.62. The number of nitrogens with zero attached hydrogens (tertiary/aromatic N) is 1. The maximum Gasteiger partial charge on any atom is 0.495 e. The lowest BCUT2D eigenvalue weighted by molar-refractivity contribution is -0.119. The van der Waals surface area contributed by atoms with Gasteiger partial charge >= 0.3 is 7.12 Å². The van der Waals surface area contributed by atoms with Crippen LogP contribution in [0.5, 0.6) is 0 Å². The van der Waals surface area contributed by atoms with Gasteiger partial charge in [-0.3, -0.25) is 4.79 Å². The topological polar surface area (TPSA) is 38.8 Å². The van der Waals surface area contributed by atoms with E-state index in [0.29, 0.717) is 6.42 Å². The van der Waals surface area contributed by atoms with Gasteiger partial charge < -0.3 is 14.2 Å². The number of anilines is 1. The van der Waals surface area contributed by atoms with E-state index in [2.05, 4.69) is 40.7 Å². The summed E-state index contributed by atoms with van der Waals surface area (Å²) >= 11 is 0. The molecule has 0 saturated carbocycles. The van der Waals surface area contributed by atoms with Crippen molar-refractivity contribution >= 4 is 24.2 Å². The first kappa shape index (κ1) is 16.5. The van der Waals surface area contributed by atoms with Gasteiger partial charge in [0, 0.05) is 18.7 Å². The summed E-state index contributed by atoms with van der Waals surface area (Å²) in [4.78, 5) is 14.0. The molecule has 5 heteroatoms. The Hall–Kier alpha value is -1.33. The van der Waals surface area contributed by atoms with Crippen LogP contribution in [0, 0.1) is 6.92 Å². The van der Waals surface area contributed by atoms with Crippen molar-refractivity contribution in [2.24, 2.45) is 0 Å². The van der Waals surface area contributed by atoms with Crippen molar-refractivity contribution < 1.29 is 14.1 Å². The third-order valence-electron chi connectivity index (χ3n) is 5.40. The average Bonchev–Trinajstić information content (AvgIpc) is 2.67. The lowest BCUT2D eigenvalue weighted by atomic mass is 9.76. The lowest BCUT2D eigenvalue weighted by Crippen LogP contribution is -2.41. The standard InChI is InChI=1S/C18H26BNO3/c1-13-12-14(20-11-7-6-8-16(20)21)9-10-15(13)19-22-17(2,3)18(4,5)23-19/h9-10,12H,6-8,11H2,1-5H3. The van der Waals surface area contributed by atoms with Crippen LogP contribution >= 0.6 is 0 Å². The predicted molar refractivity (Wildman–Crippen MR) is 93.1 cm³/mol. The number of carbonyl (C=O) groups is 1. The highest BCUT2D eigenvalue weighted by Gasteiger charge is 2.52. The first-order valence-corrected chi connectivity index (χ1v) is 8.48. The molecule has 0 unspecified atom stereocenters. The molecule has 1 aromatic carbocycles. The van der Waals surface area contributed by atoms with Gasteiger partial charge in [-0.15, -0.1) is 0 Å². The Kier molecular flexibility index (Phi) is 4.05. The first-order valence-electron chi connectivity index (χ1n) is 8.48. The van der Waals surface area contributed by atoms with Gasteiger partial charge in [-0.2, -0.15) is 0 Å². The zero-order chi connectivity index (χ0) is 16.8. The fourth-order valence-corrected chi connectivity index (χ4v) is 3.14. The molecule has 0 bridgehead atoms. The Labute approximate surface area is 139 Å². The summed E-state index contributed by atoms with van der Waals surface area (Å²) in [6.45, 7) is 11.1. The van der Waals surface area contributed by atoms with Crippen molar-refractivity contribution in [1.82, 2.24) is 0 Å². The van der Waals surface area contributed by atoms with Crippen molar-refractivity contribution in [2.45, 2.75) is 65.1 Å². The van der Waals surface area contributed by atoms with Gasteiger partial charge in [0.25, 0.3) is 0 Å². The number of piperidine rings is 1. The van der Waals surface area contributed by atoms with E-state index in [4.69, 9.17) is 9.31 Å². The molecule has 4 nitrogen and oxygen atoms in total. The Morgan fingerprint density at radius 1 is 1.09 bits per heavy atom. The van der Waals surface area contributed by atoms with Crippen molar-refractivity contribution in [3.05, 3.63) is 23.8 Å². The minimum Gasteiger partial charge on any atom is -0.399 e. The zero-order valence-electron chi connectivity index (χ0n) is 14.8. The van der Waals surface area contributed by atoms with Crippen LogP contribution in [0.1, 0.15) is 52.5 Å². The number of hydrogen-bond donors (Lipinski definition) is 0. The SMILES string of the molecule is Cc1cc(N2CCCCC2=O)ccc1B1OC(C)(C)C(C)(C)O1. The van der Waals surface area contributed by atoms with Crippen LogP contribution in [0.15, 0.2) is 18.2 Å². The maximum atomic E-state index is 12.1. The van der Waals surface area contributed by atoms with E-state index in [1.54, 1.807) is 0 Å². The maximum absolute atomic E-state index is 12.1. The van der Waals surface area contributed by atoms with E-state index in [9.17, 15) is 4.79 Å². The molecular formula is C18H26BNO3. The number of amides is 1. The normalized spacial score (nSPS) is 23.4. The summed E-state index contributed by atoms with van der Waals surface area (Å²) in [7, 11) is -0.355. The molecule has 2 aliphatic heterocycles. The van der Waals surface area contributed by atoms with E-state index >= 15 is 0 Å². The highest BCUT2D eigenvalue weighted by atomic mass is 16.7. The van der Waals surface area contributed by atoms with Crippen LogP contribution in [0.4, 0.5) is 5.69 Å². The molecule has 0 aliphatic carbocycles. The van der Waals surface area contributed by atoms with Gasteiger partial charge in [-0.1, -0.05) is 6.07 Å². The summed E-state index contributed by atoms with van der Waals surface area (Å²) in [5.41, 5.74) is 2.43. The largest absolute Gasteiger partial charge is 0.495 e. The highest BCUT2D eigenvalue weighted by Crippen LogP contribution is 2.36. The van der Waals surface area contributed by atoms with Gasteiger partial charge in [-0.25, -0.2) is 0 Å². The van der Waals surface area contributed by atoms with E-state index < -0.39 is 0 Å². The Balaban J connectivity index is 1.85. The molecule has 2 saturated heterocycles. The van der Waals surface area contributed by atoms with Crippen LogP contribution in [-0.2, 0) is 14.1 Å². The lowest BCUT2D eigenvalue weighted by Gasteiger charge is -2.32. The molecule has 3 rings (SSSR count). The summed E-state index contributed by atoms with van der Waals surface area (Å²) in [5.74, 6) is 0.221. The molecular weight excluding hydrogens is 289 g/mol. The quantitative estimate of drug-likeness (QED) is 0.788. The van der Waals surface area contributed by atoms with Gasteiger partial charge in [0.15, 0.2) is 0 Å². The van der Waals surface area contributed by atoms with Crippen LogP contribution in [0.25, 0.3) is 0 Å². The Bertz CT molecular complexity index is 611. The van der Waals surface area contributed by atoms with Crippen LogP contribution in [0.3, 0.4) is 0 Å². The third-order valence-corrected chi connectivity index (χ3v) is 5.40. The molecule has 0 spiro atoms. The zero-order valence-corrected chi connectivity index (χ0v) is 14.8. The van der Waals surface area contributed by atoms with Crippen LogP contribution < -0.4 is 10.4 Å². The molecule has 1 aromatic rings. The summed E-state index contributed by atoms with van der Waals surface area (Å²) in [5, 5.41) is 0. The van der Waals surface area contributed by atoms with Gasteiger partial charge in [0.05, 0.1) is 11.2 Å². The molecule has 2 fully saturated rings. The number of benzene rings is 1. The number of rotatable bonds is 2. The smallest absolute Gasteiger partial charge is 0.399 e. The summed E-state index contributed by atoms with van der Waals surface area (Å²) < 4.78 is 12.3. The molecule has 0 N–H and O–H groups in total. The van der Waals surface area contributed by atoms with Crippen molar-refractivity contribution in [1.29, 1.82) is 0 Å². The molecule has 0 atom stereocenters. The summed E-state index contributed by atoms with van der Waals surface area (Å²) in [6.07, 6.45) is 2.72. The molecule has 2 heterocycles. The number of hydrogen-bond acceptors (Lipinski definition) is 3. The average molecular weight is 315 g/mol. The second kappa shape index (κ2) is 5.64. The third kappa shape index (κ3) is 2.92. The second-order valence-corrected chi connectivity index (χ2v) is 7.63. The molecule has 1 amide bonds. The number of aryl methyl sites for hydroxylation is 1. The van der Waals surface area contributed by atoms with Crippen LogP contribution in [-0.4, -0.2) is 30.8 Å². The Morgan fingerprint density at radius 3 is 2.30 bits per heavy atom. The monoisotopic (exact) mass is 315 g/mol. The van der Waals surface area contributed by atoms with Crippen molar-refractivity contribution in [2.75, 3.05) is 11.4 Å². The molecule has 0 aromatic heterocycles. The van der Waals surface area contributed by atoms with Gasteiger partial charge in [-0.05, 0) is 70.6 Å². The fourth-order valence-electron chi connectivity index (χ4n) is 3.14. The molecule has 0 radical (unpaired) electrons. The number of carbonyl (C=O) groups excluding carboxylic acids is 1. The van der Waals surface area contributed by atoms with Gasteiger partial charge in [0.2, 0.25) is 5.91 Å².